The van der Waals surface area contributed by atoms with Crippen molar-refractivity contribution in [1.82, 2.24) is 0 Å². The first-order valence-corrected chi connectivity index (χ1v) is 13.3. The highest BCUT2D eigenvalue weighted by molar-refractivity contribution is 6.55. The van der Waals surface area contributed by atoms with E-state index in [1.54, 1.807) is 0 Å². The van der Waals surface area contributed by atoms with Gasteiger partial charge >= 0.3 is 23.9 Å². The van der Waals surface area contributed by atoms with Crippen LogP contribution in [-0.2, 0) is 38.1 Å². The van der Waals surface area contributed by atoms with Crippen molar-refractivity contribution in [2.75, 3.05) is 13.2 Å². The summed E-state index contributed by atoms with van der Waals surface area (Å²) in [5, 5.41) is 2.42. The van der Waals surface area contributed by atoms with Crippen LogP contribution >= 0.6 is 0 Å². The molecular weight excluding hydrogens is 424 g/mol. The second-order valence-electron chi connectivity index (χ2n) is 6.96. The van der Waals surface area contributed by atoms with Gasteiger partial charge in [0, 0.05) is 27.7 Å². The molecule has 10 heteroatoms. The molecule has 0 bridgehead atoms. The van der Waals surface area contributed by atoms with Gasteiger partial charge in [-0.15, -0.1) is 0 Å². The van der Waals surface area contributed by atoms with Crippen LogP contribution in [0.5, 0.6) is 0 Å². The van der Waals surface area contributed by atoms with Crippen molar-refractivity contribution >= 4 is 53.3 Å². The first kappa shape index (κ1) is 25.6. The molecule has 0 saturated carbocycles. The second kappa shape index (κ2) is 13.7. The molecule has 0 spiro atoms. The molecule has 0 saturated heterocycles. The first-order valence-electron chi connectivity index (χ1n) is 9.84. The van der Waals surface area contributed by atoms with Crippen LogP contribution in [0, 0.1) is 0 Å². The maximum atomic E-state index is 11.2. The molecule has 166 valence electrons. The van der Waals surface area contributed by atoms with Crippen molar-refractivity contribution < 1.29 is 38.1 Å². The van der Waals surface area contributed by atoms with Gasteiger partial charge in [-0.25, -0.2) is 0 Å². The van der Waals surface area contributed by atoms with Gasteiger partial charge in [-0.1, -0.05) is 34.6 Å². The normalized spacial score (nSPS) is 13.2. The molecule has 0 N–H and O–H groups in total. The zero-order valence-electron chi connectivity index (χ0n) is 18.0. The van der Waals surface area contributed by atoms with E-state index >= 15 is 0 Å². The Morgan fingerprint density at radius 3 is 1.27 bits per heavy atom. The number of carbonyl (C=O) groups excluding carboxylic acids is 4. The lowest BCUT2D eigenvalue weighted by Gasteiger charge is -2.17. The summed E-state index contributed by atoms with van der Waals surface area (Å²) in [6.07, 6.45) is -0.837. The minimum Gasteiger partial charge on any atom is -0.462 e. The lowest BCUT2D eigenvalue weighted by atomic mass is 10.4. The predicted molar refractivity (Wildman–Crippen MR) is 117 cm³/mol. The second-order valence-corrected chi connectivity index (χ2v) is 10.7. The highest BCUT2D eigenvalue weighted by atomic mass is 28.2. The molecule has 0 radical (unpaired) electrons. The summed E-state index contributed by atoms with van der Waals surface area (Å²) < 4.78 is 20.4. The quantitative estimate of drug-likeness (QED) is 0.227. The van der Waals surface area contributed by atoms with Crippen molar-refractivity contribution in [3.05, 3.63) is 24.3 Å². The minimum atomic E-state index is -0.705. The van der Waals surface area contributed by atoms with Crippen LogP contribution in [0.2, 0.25) is 12.1 Å². The first-order chi connectivity index (χ1) is 14.2. The maximum absolute atomic E-state index is 11.2. The molecule has 8 nitrogen and oxygen atoms in total. The number of hydrogen-bond donors (Lipinski definition) is 0. The van der Waals surface area contributed by atoms with Gasteiger partial charge in [0.25, 0.3) is 0 Å². The Kier molecular flexibility index (Phi) is 11.7. The molecule has 2 unspecified atom stereocenters. The van der Waals surface area contributed by atoms with Crippen LogP contribution in [-0.4, -0.2) is 68.3 Å². The predicted octanol–water partition coefficient (Wildman–Crippen LogP) is -0.899. The van der Waals surface area contributed by atoms with Crippen molar-refractivity contribution in [3.63, 3.8) is 0 Å². The molecule has 1 aromatic rings. The molecule has 1 rings (SSSR count). The van der Waals surface area contributed by atoms with Crippen LogP contribution in [0.1, 0.15) is 27.7 Å². The standard InChI is InChI=1S/C20H30O8Si2/c1-13(21)25-9-17(27-15(3)23)11-29-19-5-7-20(8-6-19)30-12-18(28-16(4)24)10-26-14(2)22/h5-8,17-18H,9-12,29-30H2,1-4H3. The fourth-order valence-corrected chi connectivity index (χ4v) is 5.79. The molecule has 0 aromatic heterocycles. The third kappa shape index (κ3) is 12.2. The van der Waals surface area contributed by atoms with Gasteiger partial charge in [0.15, 0.2) is 0 Å². The Labute approximate surface area is 181 Å². The van der Waals surface area contributed by atoms with E-state index in [2.05, 4.69) is 24.3 Å². The summed E-state index contributed by atoms with van der Waals surface area (Å²) in [4.78, 5) is 44.4. The van der Waals surface area contributed by atoms with Gasteiger partial charge in [0.1, 0.15) is 25.4 Å². The topological polar surface area (TPSA) is 105 Å². The SMILES string of the molecule is CC(=O)OCC(C[SiH2]c1ccc([SiH2]CC(COC(C)=O)OC(C)=O)cc1)OC(C)=O. The van der Waals surface area contributed by atoms with Crippen molar-refractivity contribution in [2.24, 2.45) is 0 Å². The van der Waals surface area contributed by atoms with E-state index < -0.39 is 55.1 Å². The zero-order valence-corrected chi connectivity index (χ0v) is 20.8. The number of esters is 4. The summed E-state index contributed by atoms with van der Waals surface area (Å²) in [6, 6.07) is 9.63. The zero-order chi connectivity index (χ0) is 22.5. The van der Waals surface area contributed by atoms with Crippen LogP contribution in [0.3, 0.4) is 0 Å². The van der Waals surface area contributed by atoms with Gasteiger partial charge in [0.05, 0.1) is 19.0 Å². The summed E-state index contributed by atoms with van der Waals surface area (Å²) >= 11 is 0. The van der Waals surface area contributed by atoms with Crippen LogP contribution in [0.25, 0.3) is 0 Å². The Balaban J connectivity index is 2.55. The van der Waals surface area contributed by atoms with Crippen molar-refractivity contribution in [1.29, 1.82) is 0 Å². The molecule has 30 heavy (non-hydrogen) atoms. The molecule has 1 aromatic carbocycles. The monoisotopic (exact) mass is 454 g/mol. The van der Waals surface area contributed by atoms with Gasteiger partial charge in [-0.2, -0.15) is 0 Å². The molecule has 0 amide bonds. The van der Waals surface area contributed by atoms with Gasteiger partial charge < -0.3 is 18.9 Å². The number of benzene rings is 1. The molecule has 2 atom stereocenters. The van der Waals surface area contributed by atoms with Gasteiger partial charge in [-0.3, -0.25) is 19.2 Å². The summed E-state index contributed by atoms with van der Waals surface area (Å²) in [5.74, 6) is -1.58. The minimum absolute atomic E-state index is 0.0762. The Morgan fingerprint density at radius 2 is 1.00 bits per heavy atom. The maximum Gasteiger partial charge on any atom is 0.303 e. The van der Waals surface area contributed by atoms with Gasteiger partial charge in [0.2, 0.25) is 0 Å². The fourth-order valence-electron chi connectivity index (χ4n) is 2.77. The molecule has 0 heterocycles. The highest BCUT2D eigenvalue weighted by Crippen LogP contribution is 2.03. The van der Waals surface area contributed by atoms with E-state index in [0.29, 0.717) is 12.1 Å². The van der Waals surface area contributed by atoms with E-state index in [1.165, 1.54) is 38.1 Å². The number of carbonyl (C=O) groups is 4. The largest absolute Gasteiger partial charge is 0.462 e. The third-order valence-corrected chi connectivity index (χ3v) is 8.11. The molecule has 0 aliphatic carbocycles. The molecule has 0 fully saturated rings. The van der Waals surface area contributed by atoms with E-state index in [4.69, 9.17) is 18.9 Å². The molecule has 0 aliphatic rings. The van der Waals surface area contributed by atoms with Crippen molar-refractivity contribution in [3.8, 4) is 0 Å². The lowest BCUT2D eigenvalue weighted by molar-refractivity contribution is -0.155. The Hall–Kier alpha value is -2.47. The molecular formula is C20H30O8Si2. The number of ether oxygens (including phenoxy) is 4. The average molecular weight is 455 g/mol. The van der Waals surface area contributed by atoms with Crippen LogP contribution in [0.15, 0.2) is 24.3 Å². The Morgan fingerprint density at radius 1 is 0.667 bits per heavy atom. The average Bonchev–Trinajstić information content (AvgIpc) is 2.66. The van der Waals surface area contributed by atoms with Crippen LogP contribution in [0.4, 0.5) is 0 Å². The lowest BCUT2D eigenvalue weighted by Crippen LogP contribution is -2.30. The fraction of sp³-hybridized carbons (Fsp3) is 0.500. The summed E-state index contributed by atoms with van der Waals surface area (Å²) in [6.45, 7) is 5.48. The van der Waals surface area contributed by atoms with E-state index in [-0.39, 0.29) is 13.2 Å². The van der Waals surface area contributed by atoms with E-state index in [9.17, 15) is 19.2 Å². The summed E-state index contributed by atoms with van der Waals surface area (Å²) in [5.41, 5.74) is 0. The highest BCUT2D eigenvalue weighted by Gasteiger charge is 2.16. The Bertz CT molecular complexity index is 659. The van der Waals surface area contributed by atoms with Gasteiger partial charge in [-0.05, 0) is 12.1 Å². The number of hydrogen-bond acceptors (Lipinski definition) is 8. The van der Waals surface area contributed by atoms with E-state index in [0.717, 1.165) is 0 Å². The summed E-state index contributed by atoms with van der Waals surface area (Å²) in [7, 11) is -1.41. The molecule has 0 aliphatic heterocycles. The van der Waals surface area contributed by atoms with Crippen LogP contribution < -0.4 is 10.4 Å². The smallest absolute Gasteiger partial charge is 0.303 e. The van der Waals surface area contributed by atoms with E-state index in [1.807, 2.05) is 0 Å². The van der Waals surface area contributed by atoms with Crippen molar-refractivity contribution in [2.45, 2.75) is 52.0 Å². The number of rotatable bonds is 12. The third-order valence-electron chi connectivity index (χ3n) is 4.14.